The van der Waals surface area contributed by atoms with E-state index in [-0.39, 0.29) is 11.3 Å². The molecule has 0 unspecified atom stereocenters. The van der Waals surface area contributed by atoms with E-state index < -0.39 is 0 Å². The third-order valence-electron chi connectivity index (χ3n) is 5.26. The molecule has 0 bridgehead atoms. The fraction of sp³-hybridized carbons (Fsp3) is 0.409. The van der Waals surface area contributed by atoms with Crippen LogP contribution in [0, 0.1) is 0 Å². The van der Waals surface area contributed by atoms with Gasteiger partial charge in [0.1, 0.15) is 0 Å². The summed E-state index contributed by atoms with van der Waals surface area (Å²) in [5, 5.41) is 3.16. The number of carbonyl (C=O) groups excluding carboxylic acids is 1. The van der Waals surface area contributed by atoms with E-state index in [1.54, 1.807) is 0 Å². The van der Waals surface area contributed by atoms with Crippen molar-refractivity contribution in [3.63, 3.8) is 0 Å². The average molecular weight is 337 g/mol. The Kier molecular flexibility index (Phi) is 5.54. The Bertz CT molecular complexity index is 686. The molecule has 2 aromatic rings. The first-order valence-electron chi connectivity index (χ1n) is 9.12. The maximum Gasteiger partial charge on any atom is 0.251 e. The summed E-state index contributed by atoms with van der Waals surface area (Å²) >= 11 is 0. The van der Waals surface area contributed by atoms with Gasteiger partial charge >= 0.3 is 0 Å². The number of ether oxygens (including phenoxy) is 1. The van der Waals surface area contributed by atoms with Gasteiger partial charge in [0.25, 0.3) is 5.91 Å². The summed E-state index contributed by atoms with van der Waals surface area (Å²) < 4.78 is 5.56. The Balaban J connectivity index is 1.71. The molecular formula is C22H27NO2. The van der Waals surface area contributed by atoms with E-state index in [0.717, 1.165) is 31.6 Å². The van der Waals surface area contributed by atoms with Crippen molar-refractivity contribution in [1.82, 2.24) is 5.32 Å². The van der Waals surface area contributed by atoms with E-state index in [2.05, 4.69) is 43.4 Å². The minimum absolute atomic E-state index is 0.00268. The van der Waals surface area contributed by atoms with Gasteiger partial charge in [-0.3, -0.25) is 4.79 Å². The molecule has 1 amide bonds. The topological polar surface area (TPSA) is 38.3 Å². The van der Waals surface area contributed by atoms with Gasteiger partial charge in [0.2, 0.25) is 0 Å². The lowest BCUT2D eigenvalue weighted by Crippen LogP contribution is -2.44. The molecule has 0 saturated carbocycles. The van der Waals surface area contributed by atoms with Crippen LogP contribution in [0.2, 0.25) is 0 Å². The zero-order valence-electron chi connectivity index (χ0n) is 15.1. The fourth-order valence-electron chi connectivity index (χ4n) is 3.49. The van der Waals surface area contributed by atoms with E-state index in [9.17, 15) is 4.79 Å². The van der Waals surface area contributed by atoms with Gasteiger partial charge in [-0.2, -0.15) is 0 Å². The summed E-state index contributed by atoms with van der Waals surface area (Å²) in [6.45, 7) is 6.44. The Labute approximate surface area is 150 Å². The molecular weight excluding hydrogens is 310 g/mol. The number of carbonyl (C=O) groups is 1. The summed E-state index contributed by atoms with van der Waals surface area (Å²) in [5.74, 6) is 0.470. The minimum Gasteiger partial charge on any atom is -0.381 e. The first kappa shape index (κ1) is 17.7. The van der Waals surface area contributed by atoms with Gasteiger partial charge < -0.3 is 10.1 Å². The Morgan fingerprint density at radius 1 is 1.04 bits per heavy atom. The van der Waals surface area contributed by atoms with E-state index in [1.807, 2.05) is 30.3 Å². The quantitative estimate of drug-likeness (QED) is 0.884. The first-order chi connectivity index (χ1) is 12.1. The van der Waals surface area contributed by atoms with Crippen LogP contribution in [0.4, 0.5) is 0 Å². The summed E-state index contributed by atoms with van der Waals surface area (Å²) in [5.41, 5.74) is 3.22. The normalized spacial score (nSPS) is 16.6. The molecule has 1 N–H and O–H groups in total. The van der Waals surface area contributed by atoms with Gasteiger partial charge in [-0.25, -0.2) is 0 Å². The van der Waals surface area contributed by atoms with E-state index in [0.29, 0.717) is 12.5 Å². The SMILES string of the molecule is CC(C)c1ccc(C(=O)NCC2(c3ccccc3)CCOCC2)cc1. The molecule has 3 heteroatoms. The van der Waals surface area contributed by atoms with Crippen molar-refractivity contribution in [1.29, 1.82) is 0 Å². The monoisotopic (exact) mass is 337 g/mol. The molecule has 1 heterocycles. The van der Waals surface area contributed by atoms with Gasteiger partial charge in [0.05, 0.1) is 0 Å². The van der Waals surface area contributed by atoms with Crippen LogP contribution >= 0.6 is 0 Å². The Hall–Kier alpha value is -2.13. The van der Waals surface area contributed by atoms with Gasteiger partial charge in [0.15, 0.2) is 0 Å². The van der Waals surface area contributed by atoms with Crippen LogP contribution in [-0.4, -0.2) is 25.7 Å². The molecule has 0 aliphatic carbocycles. The van der Waals surface area contributed by atoms with Crippen molar-refractivity contribution in [3.8, 4) is 0 Å². The van der Waals surface area contributed by atoms with Crippen LogP contribution < -0.4 is 5.32 Å². The molecule has 0 aromatic heterocycles. The van der Waals surface area contributed by atoms with Crippen LogP contribution in [0.15, 0.2) is 54.6 Å². The fourth-order valence-corrected chi connectivity index (χ4v) is 3.49. The molecule has 0 radical (unpaired) electrons. The van der Waals surface area contributed by atoms with Crippen molar-refractivity contribution >= 4 is 5.91 Å². The highest BCUT2D eigenvalue weighted by atomic mass is 16.5. The number of nitrogens with one attached hydrogen (secondary N) is 1. The molecule has 25 heavy (non-hydrogen) atoms. The number of amides is 1. The molecule has 1 aliphatic heterocycles. The predicted octanol–water partition coefficient (Wildman–Crippen LogP) is 4.29. The summed E-state index contributed by atoms with van der Waals surface area (Å²) in [6.07, 6.45) is 1.87. The van der Waals surface area contributed by atoms with Crippen molar-refractivity contribution in [3.05, 3.63) is 71.3 Å². The zero-order chi connectivity index (χ0) is 17.7. The van der Waals surface area contributed by atoms with Crippen LogP contribution in [0.25, 0.3) is 0 Å². The molecule has 0 spiro atoms. The van der Waals surface area contributed by atoms with Crippen LogP contribution in [0.5, 0.6) is 0 Å². The van der Waals surface area contributed by atoms with Crippen molar-refractivity contribution in [2.45, 2.75) is 38.0 Å². The second-order valence-electron chi connectivity index (χ2n) is 7.22. The minimum atomic E-state index is -0.0347. The second-order valence-corrected chi connectivity index (χ2v) is 7.22. The third kappa shape index (κ3) is 4.10. The lowest BCUT2D eigenvalue weighted by atomic mass is 9.74. The van der Waals surface area contributed by atoms with Crippen LogP contribution in [0.3, 0.4) is 0 Å². The molecule has 1 aliphatic rings. The van der Waals surface area contributed by atoms with Crippen LogP contribution in [0.1, 0.15) is 54.1 Å². The molecule has 3 nitrogen and oxygen atoms in total. The highest BCUT2D eigenvalue weighted by Gasteiger charge is 2.34. The summed E-state index contributed by atoms with van der Waals surface area (Å²) in [4.78, 5) is 12.6. The smallest absolute Gasteiger partial charge is 0.251 e. The highest BCUT2D eigenvalue weighted by Crippen LogP contribution is 2.34. The highest BCUT2D eigenvalue weighted by molar-refractivity contribution is 5.94. The average Bonchev–Trinajstić information content (AvgIpc) is 2.67. The first-order valence-corrected chi connectivity index (χ1v) is 9.12. The van der Waals surface area contributed by atoms with Crippen molar-refractivity contribution in [2.24, 2.45) is 0 Å². The van der Waals surface area contributed by atoms with Crippen molar-refractivity contribution < 1.29 is 9.53 Å². The number of hydrogen-bond acceptors (Lipinski definition) is 2. The van der Waals surface area contributed by atoms with Gasteiger partial charge in [-0.1, -0.05) is 56.3 Å². The number of benzene rings is 2. The zero-order valence-corrected chi connectivity index (χ0v) is 15.1. The van der Waals surface area contributed by atoms with Crippen molar-refractivity contribution in [2.75, 3.05) is 19.8 Å². The second kappa shape index (κ2) is 7.83. The van der Waals surface area contributed by atoms with Gasteiger partial charge in [0, 0.05) is 30.7 Å². The number of rotatable bonds is 5. The lowest BCUT2D eigenvalue weighted by Gasteiger charge is -2.38. The summed E-state index contributed by atoms with van der Waals surface area (Å²) in [7, 11) is 0. The van der Waals surface area contributed by atoms with Crippen LogP contribution in [-0.2, 0) is 10.2 Å². The third-order valence-corrected chi connectivity index (χ3v) is 5.26. The van der Waals surface area contributed by atoms with E-state index in [1.165, 1.54) is 11.1 Å². The largest absolute Gasteiger partial charge is 0.381 e. The lowest BCUT2D eigenvalue weighted by molar-refractivity contribution is 0.0487. The predicted molar refractivity (Wildman–Crippen MR) is 101 cm³/mol. The maximum atomic E-state index is 12.6. The standard InChI is InChI=1S/C22H27NO2/c1-17(2)18-8-10-19(11-9-18)21(24)23-16-22(12-14-25-15-13-22)20-6-4-3-5-7-20/h3-11,17H,12-16H2,1-2H3,(H,23,24). The molecule has 1 saturated heterocycles. The molecule has 3 rings (SSSR count). The molecule has 0 atom stereocenters. The van der Waals surface area contributed by atoms with E-state index >= 15 is 0 Å². The number of hydrogen-bond donors (Lipinski definition) is 1. The maximum absolute atomic E-state index is 12.6. The molecule has 132 valence electrons. The Morgan fingerprint density at radius 2 is 1.68 bits per heavy atom. The van der Waals surface area contributed by atoms with E-state index in [4.69, 9.17) is 4.74 Å². The van der Waals surface area contributed by atoms with Gasteiger partial charge in [-0.05, 0) is 42.0 Å². The van der Waals surface area contributed by atoms with Gasteiger partial charge in [-0.15, -0.1) is 0 Å². The molecule has 2 aromatic carbocycles. The Morgan fingerprint density at radius 3 is 2.28 bits per heavy atom. The summed E-state index contributed by atoms with van der Waals surface area (Å²) in [6, 6.07) is 18.4. The molecule has 1 fully saturated rings.